The summed E-state index contributed by atoms with van der Waals surface area (Å²) in [4.78, 5) is 14.5. The van der Waals surface area contributed by atoms with E-state index in [2.05, 4.69) is 5.10 Å². The predicted octanol–water partition coefficient (Wildman–Crippen LogP) is 2.49. The Morgan fingerprint density at radius 2 is 2.00 bits per heavy atom. The summed E-state index contributed by atoms with van der Waals surface area (Å²) in [6.07, 6.45) is 4.37. The van der Waals surface area contributed by atoms with E-state index in [0.717, 1.165) is 22.9 Å². The normalized spacial score (nSPS) is 16.9. The minimum absolute atomic E-state index is 0.0833. The topological polar surface area (TPSA) is 87.0 Å². The Labute approximate surface area is 178 Å². The molecule has 1 N–H and O–H groups in total. The molecule has 1 fully saturated rings. The van der Waals surface area contributed by atoms with Gasteiger partial charge in [0.05, 0.1) is 23.3 Å². The first-order chi connectivity index (χ1) is 14.7. The maximum absolute atomic E-state index is 14.4. The van der Waals surface area contributed by atoms with Crippen LogP contribution in [0.25, 0.3) is 5.52 Å². The van der Waals surface area contributed by atoms with E-state index in [1.54, 1.807) is 18.3 Å². The highest BCUT2D eigenvalue weighted by Gasteiger charge is 2.29. The average Bonchev–Trinajstić information content (AvgIpc) is 3.35. The molecule has 4 rings (SSSR count). The molecule has 1 aromatic carbocycles. The van der Waals surface area contributed by atoms with Gasteiger partial charge < -0.3 is 4.90 Å². The Kier molecular flexibility index (Phi) is 5.40. The molecular formula is C20H21F2N5O3S. The van der Waals surface area contributed by atoms with E-state index in [1.807, 2.05) is 9.62 Å². The lowest BCUT2D eigenvalue weighted by Crippen LogP contribution is -2.39. The highest BCUT2D eigenvalue weighted by Crippen LogP contribution is 2.38. The number of hydrogen-bond acceptors (Lipinski definition) is 5. The minimum Gasteiger partial charge on any atom is -0.364 e. The van der Waals surface area contributed by atoms with E-state index >= 15 is 0 Å². The second kappa shape index (κ2) is 7.89. The van der Waals surface area contributed by atoms with E-state index in [9.17, 15) is 22.0 Å². The maximum Gasteiger partial charge on any atom is 0.303 e. The lowest BCUT2D eigenvalue weighted by atomic mass is 10.0. The molecule has 8 nitrogen and oxygen atoms in total. The van der Waals surface area contributed by atoms with Gasteiger partial charge in [-0.1, -0.05) is 0 Å². The third-order valence-electron chi connectivity index (χ3n) is 5.35. The quantitative estimate of drug-likeness (QED) is 0.647. The molecule has 0 spiro atoms. The zero-order valence-corrected chi connectivity index (χ0v) is 17.7. The van der Waals surface area contributed by atoms with E-state index in [-0.39, 0.29) is 17.2 Å². The monoisotopic (exact) mass is 449 g/mol. The van der Waals surface area contributed by atoms with Crippen molar-refractivity contribution in [2.24, 2.45) is 0 Å². The molecule has 164 valence electrons. The van der Waals surface area contributed by atoms with Crippen LogP contribution in [0.5, 0.6) is 0 Å². The molecule has 1 atom stereocenters. The van der Waals surface area contributed by atoms with Crippen LogP contribution in [0.4, 0.5) is 14.5 Å². The molecule has 0 unspecified atom stereocenters. The predicted molar refractivity (Wildman–Crippen MR) is 111 cm³/mol. The van der Waals surface area contributed by atoms with Crippen molar-refractivity contribution in [3.63, 3.8) is 0 Å². The Morgan fingerprint density at radius 3 is 2.74 bits per heavy atom. The fourth-order valence-electron chi connectivity index (χ4n) is 3.76. The van der Waals surface area contributed by atoms with Gasteiger partial charge in [0.1, 0.15) is 11.6 Å². The maximum atomic E-state index is 14.4. The van der Waals surface area contributed by atoms with Crippen LogP contribution >= 0.6 is 0 Å². The van der Waals surface area contributed by atoms with Crippen LogP contribution in [0.2, 0.25) is 0 Å². The van der Waals surface area contributed by atoms with Gasteiger partial charge in [0.25, 0.3) is 5.91 Å². The molecular weight excluding hydrogens is 428 g/mol. The van der Waals surface area contributed by atoms with Gasteiger partial charge in [-0.3, -0.25) is 4.79 Å². The summed E-state index contributed by atoms with van der Waals surface area (Å²) in [6, 6.07) is 6.53. The van der Waals surface area contributed by atoms with E-state index in [4.69, 9.17) is 0 Å². The molecule has 0 aliphatic carbocycles. The molecule has 1 aliphatic rings. The smallest absolute Gasteiger partial charge is 0.303 e. The molecule has 0 saturated carbocycles. The number of carbonyl (C=O) groups excluding carboxylic acids is 1. The van der Waals surface area contributed by atoms with Crippen molar-refractivity contribution in [2.45, 2.75) is 18.9 Å². The van der Waals surface area contributed by atoms with Crippen LogP contribution in [-0.2, 0) is 10.2 Å². The molecule has 11 heteroatoms. The highest BCUT2D eigenvalue weighted by atomic mass is 32.2. The van der Waals surface area contributed by atoms with E-state index in [0.29, 0.717) is 24.2 Å². The molecule has 3 aromatic rings. The summed E-state index contributed by atoms with van der Waals surface area (Å²) < 4.78 is 56.5. The molecule has 1 amide bonds. The van der Waals surface area contributed by atoms with Crippen molar-refractivity contribution in [3.05, 3.63) is 65.5 Å². The Bertz CT molecular complexity index is 1260. The fraction of sp³-hybridized carbons (Fsp3) is 0.300. The number of anilines is 1. The van der Waals surface area contributed by atoms with Crippen molar-refractivity contribution in [3.8, 4) is 0 Å². The number of carbonyl (C=O) groups is 1. The number of hydrogen-bond donors (Lipinski definition) is 1. The lowest BCUT2D eigenvalue weighted by Gasteiger charge is -2.27. The van der Waals surface area contributed by atoms with Gasteiger partial charge in [-0.2, -0.15) is 17.8 Å². The number of benzene rings is 1. The Hall–Kier alpha value is -3.05. The first-order valence-corrected chi connectivity index (χ1v) is 11.0. The third kappa shape index (κ3) is 3.98. The Balaban J connectivity index is 1.70. The molecule has 1 aliphatic heterocycles. The van der Waals surface area contributed by atoms with Crippen LogP contribution in [-0.4, -0.2) is 48.9 Å². The summed E-state index contributed by atoms with van der Waals surface area (Å²) in [6.45, 7) is 0.626. The largest absolute Gasteiger partial charge is 0.364 e. The lowest BCUT2D eigenvalue weighted by molar-refractivity contribution is 0.0981. The van der Waals surface area contributed by atoms with Gasteiger partial charge in [-0.25, -0.2) is 18.0 Å². The molecule has 0 radical (unpaired) electrons. The molecule has 1 saturated heterocycles. The van der Waals surface area contributed by atoms with E-state index < -0.39 is 27.8 Å². The second-order valence-corrected chi connectivity index (χ2v) is 9.39. The number of nitrogens with zero attached hydrogens (tertiary/aromatic N) is 4. The van der Waals surface area contributed by atoms with Gasteiger partial charge in [0, 0.05) is 38.1 Å². The number of rotatable bonds is 5. The minimum atomic E-state index is -3.96. The first-order valence-electron chi connectivity index (χ1n) is 9.61. The summed E-state index contributed by atoms with van der Waals surface area (Å²) in [7, 11) is -1.35. The summed E-state index contributed by atoms with van der Waals surface area (Å²) in [5, 5.41) is 4.10. The van der Waals surface area contributed by atoms with Crippen molar-refractivity contribution in [1.82, 2.24) is 18.6 Å². The second-order valence-electron chi connectivity index (χ2n) is 7.51. The zero-order valence-electron chi connectivity index (χ0n) is 16.9. The number of pyridine rings is 1. The van der Waals surface area contributed by atoms with Crippen molar-refractivity contribution < 1.29 is 22.0 Å². The number of amides is 1. The molecule has 2 aromatic heterocycles. The van der Waals surface area contributed by atoms with Crippen LogP contribution < -0.4 is 9.62 Å². The average molecular weight is 449 g/mol. The number of nitrogens with one attached hydrogen (secondary N) is 1. The summed E-state index contributed by atoms with van der Waals surface area (Å²) in [5.41, 5.74) is 1.46. The van der Waals surface area contributed by atoms with Crippen LogP contribution in [0.15, 0.2) is 42.7 Å². The number of aromatic nitrogens is 2. The third-order valence-corrected chi connectivity index (χ3v) is 6.76. The van der Waals surface area contributed by atoms with Gasteiger partial charge in [-0.15, -0.1) is 0 Å². The van der Waals surface area contributed by atoms with Crippen LogP contribution in [0.1, 0.15) is 34.8 Å². The summed E-state index contributed by atoms with van der Waals surface area (Å²) in [5.74, 6) is -1.79. The number of fused-ring (bicyclic) bond motifs is 1. The fourth-order valence-corrected chi connectivity index (χ4v) is 4.28. The first kappa shape index (κ1) is 21.2. The van der Waals surface area contributed by atoms with Gasteiger partial charge in [0.15, 0.2) is 0 Å². The standard InChI is InChI=1S/C20H21F2N5O3S/c1-25(2)31(29,30)24-20(28)16-12-23-27-9-7-14(11-19(16)27)26-8-3-4-18(26)15-10-13(21)5-6-17(15)22/h5-7,9-12,18H,3-4,8H2,1-2H3,(H,24,28)/t18-/m1/s1. The van der Waals surface area contributed by atoms with Gasteiger partial charge in [0.2, 0.25) is 0 Å². The molecule has 3 heterocycles. The molecule has 0 bridgehead atoms. The summed E-state index contributed by atoms with van der Waals surface area (Å²) >= 11 is 0. The van der Waals surface area contributed by atoms with Crippen molar-refractivity contribution in [1.29, 1.82) is 0 Å². The van der Waals surface area contributed by atoms with Crippen molar-refractivity contribution >= 4 is 27.3 Å². The van der Waals surface area contributed by atoms with Crippen LogP contribution in [0, 0.1) is 11.6 Å². The highest BCUT2D eigenvalue weighted by molar-refractivity contribution is 7.87. The number of halogens is 2. The van der Waals surface area contributed by atoms with Crippen molar-refractivity contribution in [2.75, 3.05) is 25.5 Å². The van der Waals surface area contributed by atoms with E-state index in [1.165, 1.54) is 30.9 Å². The van der Waals surface area contributed by atoms with Crippen LogP contribution in [0.3, 0.4) is 0 Å². The Morgan fingerprint density at radius 1 is 1.23 bits per heavy atom. The SMILES string of the molecule is CN(C)S(=O)(=O)NC(=O)c1cnn2ccc(N3CCC[C@@H]3c3cc(F)ccc3F)cc12. The van der Waals surface area contributed by atoms with Gasteiger partial charge in [-0.05, 0) is 43.2 Å². The molecule has 31 heavy (non-hydrogen) atoms. The van der Waals surface area contributed by atoms with Gasteiger partial charge >= 0.3 is 10.2 Å². The zero-order chi connectivity index (χ0) is 22.3.